The minimum absolute atomic E-state index is 0.389. The number of nitrogens with one attached hydrogen (secondary N) is 2. The van der Waals surface area contributed by atoms with E-state index in [1.54, 1.807) is 6.20 Å². The van der Waals surface area contributed by atoms with Gasteiger partial charge in [0.2, 0.25) is 5.95 Å². The molecule has 0 amide bonds. The predicted molar refractivity (Wildman–Crippen MR) is 67.7 cm³/mol. The van der Waals surface area contributed by atoms with Crippen LogP contribution in [0.2, 0.25) is 5.02 Å². The second kappa shape index (κ2) is 4.31. The van der Waals surface area contributed by atoms with Crippen molar-refractivity contribution in [3.63, 3.8) is 0 Å². The standard InChI is InChI=1S/C11H16ClN5/c12-8-5-14-11(17-13)16-10(8)15-9-4-6-1-2-7(9)3-6/h5-7,9H,1-4,13H2,(H2,14,15,16,17). The lowest BCUT2D eigenvalue weighted by Gasteiger charge is -2.23. The van der Waals surface area contributed by atoms with Gasteiger partial charge in [0.15, 0.2) is 5.82 Å². The van der Waals surface area contributed by atoms with Crippen molar-refractivity contribution in [2.24, 2.45) is 17.7 Å². The fourth-order valence-electron chi connectivity index (χ4n) is 3.14. The normalized spacial score (nSPS) is 30.6. The highest BCUT2D eigenvalue weighted by molar-refractivity contribution is 6.32. The van der Waals surface area contributed by atoms with Crippen LogP contribution in [0.5, 0.6) is 0 Å². The van der Waals surface area contributed by atoms with Gasteiger partial charge in [-0.25, -0.2) is 10.8 Å². The number of hydrogen-bond acceptors (Lipinski definition) is 5. The molecule has 2 bridgehead atoms. The van der Waals surface area contributed by atoms with Gasteiger partial charge in [0.25, 0.3) is 0 Å². The molecule has 5 nitrogen and oxygen atoms in total. The highest BCUT2D eigenvalue weighted by Gasteiger charge is 2.39. The number of nitrogen functional groups attached to an aromatic ring is 1. The van der Waals surface area contributed by atoms with Crippen LogP contribution in [0.1, 0.15) is 25.7 Å². The molecule has 0 radical (unpaired) electrons. The summed E-state index contributed by atoms with van der Waals surface area (Å²) in [5, 5.41) is 3.98. The van der Waals surface area contributed by atoms with Gasteiger partial charge in [0.05, 0.1) is 6.20 Å². The van der Waals surface area contributed by atoms with E-state index in [1.165, 1.54) is 25.7 Å². The van der Waals surface area contributed by atoms with Crippen LogP contribution < -0.4 is 16.6 Å². The lowest BCUT2D eigenvalue weighted by Crippen LogP contribution is -2.26. The second-order valence-electron chi connectivity index (χ2n) is 4.96. The Morgan fingerprint density at radius 1 is 1.35 bits per heavy atom. The molecule has 0 saturated heterocycles. The highest BCUT2D eigenvalue weighted by atomic mass is 35.5. The summed E-state index contributed by atoms with van der Waals surface area (Å²) in [6, 6.07) is 0.506. The van der Waals surface area contributed by atoms with Crippen LogP contribution in [-0.4, -0.2) is 16.0 Å². The number of aromatic nitrogens is 2. The monoisotopic (exact) mass is 253 g/mol. The Labute approximate surface area is 105 Å². The number of hydrogen-bond donors (Lipinski definition) is 3. The summed E-state index contributed by atoms with van der Waals surface area (Å²) in [7, 11) is 0. The Hall–Kier alpha value is -1.07. The molecule has 1 aromatic heterocycles. The summed E-state index contributed by atoms with van der Waals surface area (Å²) in [5.41, 5.74) is 2.43. The van der Waals surface area contributed by atoms with Gasteiger partial charge in [-0.1, -0.05) is 18.0 Å². The van der Waals surface area contributed by atoms with Crippen molar-refractivity contribution < 1.29 is 0 Å². The molecule has 2 aliphatic rings. The van der Waals surface area contributed by atoms with Gasteiger partial charge in [-0.05, 0) is 31.1 Å². The summed E-state index contributed by atoms with van der Waals surface area (Å²) < 4.78 is 0. The maximum Gasteiger partial charge on any atom is 0.239 e. The number of halogens is 1. The molecule has 3 rings (SSSR count). The van der Waals surface area contributed by atoms with E-state index in [-0.39, 0.29) is 0 Å². The largest absolute Gasteiger partial charge is 0.366 e. The zero-order valence-corrected chi connectivity index (χ0v) is 10.2. The van der Waals surface area contributed by atoms with Crippen molar-refractivity contribution in [2.45, 2.75) is 31.7 Å². The van der Waals surface area contributed by atoms with Gasteiger partial charge in [0.1, 0.15) is 5.02 Å². The van der Waals surface area contributed by atoms with Crippen molar-refractivity contribution in [2.75, 3.05) is 10.7 Å². The predicted octanol–water partition coefficient (Wildman–Crippen LogP) is 2.02. The zero-order valence-electron chi connectivity index (χ0n) is 9.49. The molecular formula is C11H16ClN5. The Balaban J connectivity index is 1.76. The van der Waals surface area contributed by atoms with Crippen LogP contribution in [0.4, 0.5) is 11.8 Å². The highest BCUT2D eigenvalue weighted by Crippen LogP contribution is 2.45. The minimum atomic E-state index is 0.389. The van der Waals surface area contributed by atoms with Crippen LogP contribution >= 0.6 is 11.6 Å². The lowest BCUT2D eigenvalue weighted by atomic mass is 9.95. The summed E-state index contributed by atoms with van der Waals surface area (Å²) in [6.45, 7) is 0. The van der Waals surface area contributed by atoms with Crippen LogP contribution in [0, 0.1) is 11.8 Å². The Kier molecular flexibility index (Phi) is 2.80. The van der Waals surface area contributed by atoms with Crippen molar-refractivity contribution in [3.8, 4) is 0 Å². The molecule has 2 fully saturated rings. The second-order valence-corrected chi connectivity index (χ2v) is 5.37. The fraction of sp³-hybridized carbons (Fsp3) is 0.636. The molecule has 1 aromatic rings. The number of fused-ring (bicyclic) bond motifs is 2. The number of hydrazine groups is 1. The molecule has 0 aromatic carbocycles. The average Bonchev–Trinajstić information content (AvgIpc) is 2.94. The minimum Gasteiger partial charge on any atom is -0.366 e. The molecule has 92 valence electrons. The summed E-state index contributed by atoms with van der Waals surface area (Å²) in [6.07, 6.45) is 6.86. The molecule has 3 atom stereocenters. The maximum atomic E-state index is 6.08. The third kappa shape index (κ3) is 2.05. The number of rotatable bonds is 3. The molecule has 0 aliphatic heterocycles. The van der Waals surface area contributed by atoms with E-state index in [2.05, 4.69) is 20.7 Å². The van der Waals surface area contributed by atoms with E-state index in [1.807, 2.05) is 0 Å². The van der Waals surface area contributed by atoms with E-state index in [0.29, 0.717) is 22.8 Å². The van der Waals surface area contributed by atoms with Crippen molar-refractivity contribution in [1.82, 2.24) is 9.97 Å². The van der Waals surface area contributed by atoms with Crippen LogP contribution in [-0.2, 0) is 0 Å². The molecule has 2 aliphatic carbocycles. The summed E-state index contributed by atoms with van der Waals surface area (Å²) in [5.74, 6) is 8.04. The molecule has 2 saturated carbocycles. The first kappa shape index (κ1) is 11.0. The Bertz CT molecular complexity index is 424. The topological polar surface area (TPSA) is 75.9 Å². The van der Waals surface area contributed by atoms with E-state index in [0.717, 1.165) is 11.8 Å². The summed E-state index contributed by atoms with van der Waals surface area (Å²) >= 11 is 6.08. The first-order valence-electron chi connectivity index (χ1n) is 6.02. The van der Waals surface area contributed by atoms with Crippen LogP contribution in [0.25, 0.3) is 0 Å². The molecule has 4 N–H and O–H groups in total. The molecular weight excluding hydrogens is 238 g/mol. The zero-order chi connectivity index (χ0) is 11.8. The SMILES string of the molecule is NNc1ncc(Cl)c(NC2CC3CCC2C3)n1. The number of nitrogens with two attached hydrogens (primary N) is 1. The van der Waals surface area contributed by atoms with Crippen molar-refractivity contribution in [1.29, 1.82) is 0 Å². The van der Waals surface area contributed by atoms with Crippen LogP contribution in [0.15, 0.2) is 6.20 Å². The summed E-state index contributed by atoms with van der Waals surface area (Å²) in [4.78, 5) is 8.21. The van der Waals surface area contributed by atoms with Gasteiger partial charge in [-0.15, -0.1) is 0 Å². The third-order valence-electron chi connectivity index (χ3n) is 3.93. The maximum absolute atomic E-state index is 6.08. The quantitative estimate of drug-likeness (QED) is 0.568. The Morgan fingerprint density at radius 3 is 2.88 bits per heavy atom. The van der Waals surface area contributed by atoms with Crippen molar-refractivity contribution >= 4 is 23.4 Å². The number of nitrogens with zero attached hydrogens (tertiary/aromatic N) is 2. The molecule has 6 heteroatoms. The first-order valence-corrected chi connectivity index (χ1v) is 6.39. The lowest BCUT2D eigenvalue weighted by molar-refractivity contribution is 0.439. The molecule has 17 heavy (non-hydrogen) atoms. The van der Waals surface area contributed by atoms with E-state index < -0.39 is 0 Å². The van der Waals surface area contributed by atoms with E-state index >= 15 is 0 Å². The smallest absolute Gasteiger partial charge is 0.239 e. The van der Waals surface area contributed by atoms with Crippen molar-refractivity contribution in [3.05, 3.63) is 11.2 Å². The van der Waals surface area contributed by atoms with Crippen LogP contribution in [0.3, 0.4) is 0 Å². The van der Waals surface area contributed by atoms with Gasteiger partial charge >= 0.3 is 0 Å². The molecule has 0 spiro atoms. The fourth-order valence-corrected chi connectivity index (χ4v) is 3.28. The van der Waals surface area contributed by atoms with Gasteiger partial charge in [-0.2, -0.15) is 4.98 Å². The van der Waals surface area contributed by atoms with Gasteiger partial charge in [0, 0.05) is 6.04 Å². The first-order chi connectivity index (χ1) is 8.26. The molecule has 3 unspecified atom stereocenters. The third-order valence-corrected chi connectivity index (χ3v) is 4.21. The van der Waals surface area contributed by atoms with Gasteiger partial charge in [-0.3, -0.25) is 5.43 Å². The van der Waals surface area contributed by atoms with E-state index in [4.69, 9.17) is 17.4 Å². The van der Waals surface area contributed by atoms with Gasteiger partial charge < -0.3 is 5.32 Å². The number of anilines is 2. The Morgan fingerprint density at radius 2 is 2.24 bits per heavy atom. The van der Waals surface area contributed by atoms with E-state index in [9.17, 15) is 0 Å². The molecule has 1 heterocycles. The average molecular weight is 254 g/mol.